The van der Waals surface area contributed by atoms with Crippen LogP contribution in [0, 0.1) is 17.3 Å². The van der Waals surface area contributed by atoms with Crippen molar-refractivity contribution in [1.29, 1.82) is 0 Å². The average molecular weight is 344 g/mol. The zero-order valence-electron chi connectivity index (χ0n) is 15.2. The highest BCUT2D eigenvalue weighted by Gasteiger charge is 2.60. The number of amides is 1. The number of likely N-dealkylation sites (N-methyl/N-ethyl adjacent to an activating group) is 1. The van der Waals surface area contributed by atoms with Crippen LogP contribution in [0.4, 0.5) is 0 Å². The highest BCUT2D eigenvalue weighted by atomic mass is 35.5. The molecular weight excluding hydrogens is 310 g/mol. The summed E-state index contributed by atoms with van der Waals surface area (Å²) in [6, 6.07) is 0. The summed E-state index contributed by atoms with van der Waals surface area (Å²) in [7, 11) is 0. The van der Waals surface area contributed by atoms with Crippen LogP contribution in [0.15, 0.2) is 0 Å². The molecule has 23 heavy (non-hydrogen) atoms. The lowest BCUT2D eigenvalue weighted by Gasteiger charge is -2.48. The second-order valence-electron chi connectivity index (χ2n) is 8.39. The molecule has 3 unspecified atom stereocenters. The molecule has 5 heteroatoms. The quantitative estimate of drug-likeness (QED) is 0.851. The lowest BCUT2D eigenvalue weighted by atomic mass is 9.64. The number of carbonyl (C=O) groups is 1. The van der Waals surface area contributed by atoms with E-state index in [1.54, 1.807) is 0 Å². The molecule has 3 aliphatic rings. The molecule has 134 valence electrons. The summed E-state index contributed by atoms with van der Waals surface area (Å²) in [4.78, 5) is 17.4. The van der Waals surface area contributed by atoms with Crippen molar-refractivity contribution >= 4 is 18.3 Å². The van der Waals surface area contributed by atoms with Crippen molar-refractivity contribution < 1.29 is 4.79 Å². The molecule has 0 radical (unpaired) electrons. The maximum atomic E-state index is 12.6. The minimum absolute atomic E-state index is 0. The van der Waals surface area contributed by atoms with Gasteiger partial charge in [0, 0.05) is 31.7 Å². The van der Waals surface area contributed by atoms with Gasteiger partial charge < -0.3 is 10.2 Å². The fourth-order valence-electron chi connectivity index (χ4n) is 5.17. The number of rotatable bonds is 4. The smallest absolute Gasteiger partial charge is 0.234 e. The Labute approximate surface area is 147 Å². The predicted octanol–water partition coefficient (Wildman–Crippen LogP) is 2.38. The van der Waals surface area contributed by atoms with E-state index in [1.165, 1.54) is 19.3 Å². The van der Waals surface area contributed by atoms with E-state index in [0.717, 1.165) is 38.6 Å². The summed E-state index contributed by atoms with van der Waals surface area (Å²) < 4.78 is 0. The fraction of sp³-hybridized carbons (Fsp3) is 0.944. The molecule has 2 aliphatic carbocycles. The number of hydrogen-bond donors (Lipinski definition) is 1. The monoisotopic (exact) mass is 343 g/mol. The van der Waals surface area contributed by atoms with Crippen LogP contribution in [-0.2, 0) is 4.79 Å². The van der Waals surface area contributed by atoms with Gasteiger partial charge in [0.15, 0.2) is 0 Å². The van der Waals surface area contributed by atoms with Crippen molar-refractivity contribution in [1.82, 2.24) is 15.1 Å². The van der Waals surface area contributed by atoms with Gasteiger partial charge in [0.05, 0.1) is 6.54 Å². The Hall–Kier alpha value is -0.320. The maximum absolute atomic E-state index is 12.6. The topological polar surface area (TPSA) is 35.6 Å². The molecule has 0 aromatic heterocycles. The lowest BCUT2D eigenvalue weighted by Crippen LogP contribution is -2.61. The first-order chi connectivity index (χ1) is 10.4. The van der Waals surface area contributed by atoms with Gasteiger partial charge in [0.2, 0.25) is 5.91 Å². The van der Waals surface area contributed by atoms with Crippen LogP contribution in [0.3, 0.4) is 0 Å². The molecule has 1 heterocycles. The van der Waals surface area contributed by atoms with E-state index in [4.69, 9.17) is 0 Å². The molecule has 1 N–H and O–H groups in total. The standard InChI is InChI=1S/C18H33N3O.ClH/c1-5-20-8-10-21(11-9-20)13-16(22)19-18(4)15-7-6-14(12-15)17(18,2)3;/h14-15H,5-13H2,1-4H3,(H,19,22);1H. The van der Waals surface area contributed by atoms with Gasteiger partial charge >= 0.3 is 0 Å². The molecule has 3 atom stereocenters. The number of fused-ring (bicyclic) bond motifs is 2. The molecule has 1 saturated heterocycles. The minimum atomic E-state index is -0.0156. The fourth-order valence-corrected chi connectivity index (χ4v) is 5.17. The molecule has 1 amide bonds. The van der Waals surface area contributed by atoms with Crippen molar-refractivity contribution in [2.75, 3.05) is 39.3 Å². The Morgan fingerprint density at radius 2 is 1.61 bits per heavy atom. The van der Waals surface area contributed by atoms with Gasteiger partial charge in [-0.05, 0) is 50.0 Å². The van der Waals surface area contributed by atoms with E-state index < -0.39 is 0 Å². The third kappa shape index (κ3) is 3.27. The first kappa shape index (κ1) is 19.0. The molecule has 0 spiro atoms. The Morgan fingerprint density at radius 3 is 2.13 bits per heavy atom. The van der Waals surface area contributed by atoms with Gasteiger partial charge in [-0.2, -0.15) is 0 Å². The number of halogens is 1. The molecule has 2 bridgehead atoms. The summed E-state index contributed by atoms with van der Waals surface area (Å²) in [6.45, 7) is 15.1. The van der Waals surface area contributed by atoms with Crippen LogP contribution >= 0.6 is 12.4 Å². The van der Waals surface area contributed by atoms with Gasteiger partial charge in [-0.15, -0.1) is 12.4 Å². The highest BCUT2D eigenvalue weighted by molar-refractivity contribution is 5.85. The Balaban J connectivity index is 0.00000192. The number of nitrogens with one attached hydrogen (secondary N) is 1. The SMILES string of the molecule is CCN1CCN(CC(=O)NC2(C)C3CCC(C3)C2(C)C)CC1.Cl. The van der Waals surface area contributed by atoms with E-state index >= 15 is 0 Å². The summed E-state index contributed by atoms with van der Waals surface area (Å²) in [6.07, 6.45) is 3.95. The molecular formula is C18H34ClN3O. The van der Waals surface area contributed by atoms with Gasteiger partial charge in [0.1, 0.15) is 0 Å². The molecule has 0 aromatic carbocycles. The van der Waals surface area contributed by atoms with Crippen LogP contribution in [-0.4, -0.2) is 60.5 Å². The molecule has 4 nitrogen and oxygen atoms in total. The number of nitrogens with zero attached hydrogens (tertiary/aromatic N) is 2. The summed E-state index contributed by atoms with van der Waals surface area (Å²) in [5, 5.41) is 3.46. The zero-order valence-corrected chi connectivity index (χ0v) is 16.0. The summed E-state index contributed by atoms with van der Waals surface area (Å²) in [5.41, 5.74) is 0.213. The maximum Gasteiger partial charge on any atom is 0.234 e. The number of piperazine rings is 1. The van der Waals surface area contributed by atoms with Crippen LogP contribution in [0.5, 0.6) is 0 Å². The first-order valence-corrected chi connectivity index (χ1v) is 9.12. The third-order valence-corrected chi connectivity index (χ3v) is 7.29. The molecule has 2 saturated carbocycles. The van der Waals surface area contributed by atoms with Crippen LogP contribution in [0.1, 0.15) is 47.0 Å². The number of hydrogen-bond acceptors (Lipinski definition) is 3. The largest absolute Gasteiger partial charge is 0.349 e. The second kappa shape index (κ2) is 6.89. The molecule has 3 rings (SSSR count). The Bertz CT molecular complexity index is 434. The zero-order chi connectivity index (χ0) is 16.0. The summed E-state index contributed by atoms with van der Waals surface area (Å²) >= 11 is 0. The van der Waals surface area contributed by atoms with Crippen LogP contribution in [0.2, 0.25) is 0 Å². The van der Waals surface area contributed by atoms with E-state index in [9.17, 15) is 4.79 Å². The van der Waals surface area contributed by atoms with Crippen molar-refractivity contribution in [2.24, 2.45) is 17.3 Å². The lowest BCUT2D eigenvalue weighted by molar-refractivity contribution is -0.127. The van der Waals surface area contributed by atoms with E-state index in [-0.39, 0.29) is 29.3 Å². The highest BCUT2D eigenvalue weighted by Crippen LogP contribution is 2.61. The van der Waals surface area contributed by atoms with Gasteiger partial charge in [-0.3, -0.25) is 9.69 Å². The Kier molecular flexibility index (Phi) is 5.70. The normalized spacial score (nSPS) is 36.7. The number of carbonyl (C=O) groups excluding carboxylic acids is 1. The van der Waals surface area contributed by atoms with E-state index in [0.29, 0.717) is 12.5 Å². The predicted molar refractivity (Wildman–Crippen MR) is 97.0 cm³/mol. The van der Waals surface area contributed by atoms with Gasteiger partial charge in [0.25, 0.3) is 0 Å². The van der Waals surface area contributed by atoms with E-state index in [1.807, 2.05) is 0 Å². The average Bonchev–Trinajstić information content (AvgIpc) is 3.03. The van der Waals surface area contributed by atoms with E-state index in [2.05, 4.69) is 42.8 Å². The Morgan fingerprint density at radius 1 is 1.04 bits per heavy atom. The molecule has 3 fully saturated rings. The van der Waals surface area contributed by atoms with Crippen molar-refractivity contribution in [3.8, 4) is 0 Å². The van der Waals surface area contributed by atoms with Crippen LogP contribution < -0.4 is 5.32 Å². The third-order valence-electron chi connectivity index (χ3n) is 7.29. The summed E-state index contributed by atoms with van der Waals surface area (Å²) in [5.74, 6) is 1.69. The molecule has 1 aliphatic heterocycles. The van der Waals surface area contributed by atoms with Crippen molar-refractivity contribution in [2.45, 2.75) is 52.5 Å². The van der Waals surface area contributed by atoms with Gasteiger partial charge in [-0.25, -0.2) is 0 Å². The molecule has 0 aromatic rings. The minimum Gasteiger partial charge on any atom is -0.349 e. The second-order valence-corrected chi connectivity index (χ2v) is 8.39. The van der Waals surface area contributed by atoms with Crippen molar-refractivity contribution in [3.05, 3.63) is 0 Å². The first-order valence-electron chi connectivity index (χ1n) is 9.12. The van der Waals surface area contributed by atoms with Gasteiger partial charge in [-0.1, -0.05) is 20.8 Å². The van der Waals surface area contributed by atoms with Crippen LogP contribution in [0.25, 0.3) is 0 Å². The van der Waals surface area contributed by atoms with Crippen molar-refractivity contribution in [3.63, 3.8) is 0 Å².